The van der Waals surface area contributed by atoms with Gasteiger partial charge in [0.05, 0.1) is 106 Å². The lowest BCUT2D eigenvalue weighted by Gasteiger charge is -2.09. The molecule has 0 N–H and O–H groups in total. The van der Waals surface area contributed by atoms with E-state index in [4.69, 9.17) is 47.4 Å². The fourth-order valence-corrected chi connectivity index (χ4v) is 4.88. The number of rotatable bonds is 41. The van der Waals surface area contributed by atoms with Gasteiger partial charge in [-0.1, -0.05) is 83.8 Å². The second kappa shape index (κ2) is 39.4. The molecular weight excluding hydrogens is 656 g/mol. The molecule has 0 spiro atoms. The summed E-state index contributed by atoms with van der Waals surface area (Å²) in [6, 6.07) is 8.43. The molecule has 1 rings (SSSR count). The molecule has 0 saturated heterocycles. The van der Waals surface area contributed by atoms with Crippen molar-refractivity contribution in [1.29, 1.82) is 0 Å². The molecule has 0 heterocycles. The standard InChI is InChI=1S/C40H72O11/c1-3-5-7-9-11-12-14-38-16-18-39(19-17-38)50-36-34-48-32-30-46-28-26-44-24-22-42-20-21-43-23-25-45-27-29-47-31-33-49-35-37-51-40(41)15-13-10-8-6-4-2/h16-19H,3-15,20-37H2,1-2H3. The van der Waals surface area contributed by atoms with Gasteiger partial charge in [0.1, 0.15) is 19.0 Å². The molecule has 1 aromatic rings. The highest BCUT2D eigenvalue weighted by molar-refractivity contribution is 5.69. The minimum absolute atomic E-state index is 0.144. The maximum Gasteiger partial charge on any atom is 0.305 e. The number of carbonyl (C=O) groups excluding carboxylic acids is 1. The molecule has 11 nitrogen and oxygen atoms in total. The fourth-order valence-electron chi connectivity index (χ4n) is 4.88. The lowest BCUT2D eigenvalue weighted by Crippen LogP contribution is -2.15. The van der Waals surface area contributed by atoms with Gasteiger partial charge < -0.3 is 47.4 Å². The van der Waals surface area contributed by atoms with Crippen molar-refractivity contribution >= 4 is 5.97 Å². The Hall–Kier alpha value is -1.83. The highest BCUT2D eigenvalue weighted by Gasteiger charge is 2.03. The number of hydrogen-bond acceptors (Lipinski definition) is 11. The Morgan fingerprint density at radius 1 is 0.412 bits per heavy atom. The normalized spacial score (nSPS) is 11.3. The Labute approximate surface area is 309 Å². The molecule has 0 aliphatic carbocycles. The number of benzene rings is 1. The van der Waals surface area contributed by atoms with E-state index in [9.17, 15) is 4.79 Å². The Morgan fingerprint density at radius 3 is 1.20 bits per heavy atom. The Balaban J connectivity index is 1.70. The van der Waals surface area contributed by atoms with Crippen LogP contribution in [0.25, 0.3) is 0 Å². The third kappa shape index (κ3) is 35.0. The van der Waals surface area contributed by atoms with Crippen LogP contribution < -0.4 is 4.74 Å². The number of aryl methyl sites for hydroxylation is 1. The molecule has 0 aliphatic heterocycles. The van der Waals surface area contributed by atoms with Crippen LogP contribution in [-0.4, -0.2) is 125 Å². The summed E-state index contributed by atoms with van der Waals surface area (Å²) < 4.78 is 55.0. The zero-order chi connectivity index (χ0) is 36.6. The van der Waals surface area contributed by atoms with E-state index in [1.165, 1.54) is 63.4 Å². The van der Waals surface area contributed by atoms with E-state index in [1.807, 2.05) is 12.1 Å². The molecule has 0 aromatic heterocycles. The van der Waals surface area contributed by atoms with Gasteiger partial charge in [0.25, 0.3) is 0 Å². The topological polar surface area (TPSA) is 109 Å². The molecule has 11 heteroatoms. The second-order valence-corrected chi connectivity index (χ2v) is 12.3. The number of ether oxygens (including phenoxy) is 10. The van der Waals surface area contributed by atoms with Crippen LogP contribution in [0.2, 0.25) is 0 Å². The highest BCUT2D eigenvalue weighted by atomic mass is 16.6. The number of unbranched alkanes of at least 4 members (excludes halogenated alkanes) is 9. The van der Waals surface area contributed by atoms with Gasteiger partial charge in [-0.05, 0) is 37.0 Å². The largest absolute Gasteiger partial charge is 0.491 e. The smallest absolute Gasteiger partial charge is 0.305 e. The maximum absolute atomic E-state index is 11.6. The van der Waals surface area contributed by atoms with Crippen LogP contribution in [0.5, 0.6) is 5.75 Å². The van der Waals surface area contributed by atoms with Crippen LogP contribution >= 0.6 is 0 Å². The van der Waals surface area contributed by atoms with Crippen molar-refractivity contribution < 1.29 is 52.2 Å². The predicted octanol–water partition coefficient (Wildman–Crippen LogP) is 7.00. The van der Waals surface area contributed by atoms with Crippen molar-refractivity contribution in [2.45, 2.75) is 97.3 Å². The first-order chi connectivity index (χ1) is 25.3. The van der Waals surface area contributed by atoms with E-state index in [1.54, 1.807) is 0 Å². The van der Waals surface area contributed by atoms with Gasteiger partial charge in [-0.3, -0.25) is 4.79 Å². The average molecular weight is 729 g/mol. The van der Waals surface area contributed by atoms with Crippen molar-refractivity contribution in [2.24, 2.45) is 0 Å². The third-order valence-electron chi connectivity index (χ3n) is 7.82. The molecule has 0 bridgehead atoms. The highest BCUT2D eigenvalue weighted by Crippen LogP contribution is 2.15. The lowest BCUT2D eigenvalue weighted by molar-refractivity contribution is -0.145. The van der Waals surface area contributed by atoms with Gasteiger partial charge in [-0.15, -0.1) is 0 Å². The van der Waals surface area contributed by atoms with Gasteiger partial charge in [-0.25, -0.2) is 0 Å². The minimum Gasteiger partial charge on any atom is -0.491 e. The van der Waals surface area contributed by atoms with Crippen LogP contribution in [-0.2, 0) is 53.8 Å². The van der Waals surface area contributed by atoms with Crippen molar-refractivity contribution in [3.8, 4) is 5.75 Å². The molecule has 0 saturated carbocycles. The first kappa shape index (κ1) is 47.2. The van der Waals surface area contributed by atoms with Crippen LogP contribution in [0.1, 0.15) is 96.5 Å². The van der Waals surface area contributed by atoms with Crippen molar-refractivity contribution in [2.75, 3.05) is 119 Å². The summed E-state index contributed by atoms with van der Waals surface area (Å²) in [6.45, 7) is 13.2. The van der Waals surface area contributed by atoms with E-state index in [0.717, 1.165) is 25.0 Å². The van der Waals surface area contributed by atoms with E-state index in [-0.39, 0.29) is 12.6 Å². The molecule has 1 aromatic carbocycles. The molecule has 0 radical (unpaired) electrons. The van der Waals surface area contributed by atoms with E-state index >= 15 is 0 Å². The first-order valence-corrected chi connectivity index (χ1v) is 19.8. The van der Waals surface area contributed by atoms with Crippen LogP contribution in [0.4, 0.5) is 0 Å². The SMILES string of the molecule is CCCCCCCCc1ccc(OCCOCCOCCOCCOCCOCCOCCOCCOCCOC(=O)CCCCCCC)cc1. The second-order valence-electron chi connectivity index (χ2n) is 12.3. The Bertz CT molecular complexity index is 840. The Kier molecular flexibility index (Phi) is 36.4. The molecular formula is C40H72O11. The van der Waals surface area contributed by atoms with Gasteiger partial charge in [-0.2, -0.15) is 0 Å². The molecule has 51 heavy (non-hydrogen) atoms. The summed E-state index contributed by atoms with van der Waals surface area (Å²) in [5.41, 5.74) is 1.38. The van der Waals surface area contributed by atoms with Gasteiger partial charge in [0.15, 0.2) is 0 Å². The van der Waals surface area contributed by atoms with E-state index in [0.29, 0.717) is 119 Å². The maximum atomic E-state index is 11.6. The average Bonchev–Trinajstić information content (AvgIpc) is 3.14. The molecule has 0 amide bonds. The fraction of sp³-hybridized carbons (Fsp3) is 0.825. The van der Waals surface area contributed by atoms with E-state index in [2.05, 4.69) is 26.0 Å². The van der Waals surface area contributed by atoms with Gasteiger partial charge in [0, 0.05) is 6.42 Å². The zero-order valence-electron chi connectivity index (χ0n) is 32.2. The summed E-state index contributed by atoms with van der Waals surface area (Å²) in [5.74, 6) is 0.739. The van der Waals surface area contributed by atoms with Crippen LogP contribution in [0.3, 0.4) is 0 Å². The first-order valence-electron chi connectivity index (χ1n) is 19.8. The molecule has 0 fully saturated rings. The molecule has 0 aliphatic rings. The number of esters is 1. The van der Waals surface area contributed by atoms with Gasteiger partial charge in [0.2, 0.25) is 0 Å². The summed E-state index contributed by atoms with van der Waals surface area (Å²) in [4.78, 5) is 11.6. The summed E-state index contributed by atoms with van der Waals surface area (Å²) in [7, 11) is 0. The quantitative estimate of drug-likeness (QED) is 0.0514. The summed E-state index contributed by atoms with van der Waals surface area (Å²) >= 11 is 0. The van der Waals surface area contributed by atoms with Crippen LogP contribution in [0.15, 0.2) is 24.3 Å². The summed E-state index contributed by atoms with van der Waals surface area (Å²) in [6.07, 6.45) is 15.2. The molecule has 298 valence electrons. The van der Waals surface area contributed by atoms with Crippen molar-refractivity contribution in [3.05, 3.63) is 29.8 Å². The predicted molar refractivity (Wildman–Crippen MR) is 200 cm³/mol. The lowest BCUT2D eigenvalue weighted by atomic mass is 10.0. The third-order valence-corrected chi connectivity index (χ3v) is 7.82. The minimum atomic E-state index is -0.144. The summed E-state index contributed by atoms with van der Waals surface area (Å²) in [5, 5.41) is 0. The molecule has 0 atom stereocenters. The van der Waals surface area contributed by atoms with Gasteiger partial charge >= 0.3 is 5.97 Å². The van der Waals surface area contributed by atoms with Crippen molar-refractivity contribution in [1.82, 2.24) is 0 Å². The zero-order valence-corrected chi connectivity index (χ0v) is 32.2. The monoisotopic (exact) mass is 729 g/mol. The van der Waals surface area contributed by atoms with Crippen molar-refractivity contribution in [3.63, 3.8) is 0 Å². The van der Waals surface area contributed by atoms with Crippen LogP contribution in [0, 0.1) is 0 Å². The number of hydrogen-bond donors (Lipinski definition) is 0. The van der Waals surface area contributed by atoms with E-state index < -0.39 is 0 Å². The molecule has 0 unspecified atom stereocenters. The Morgan fingerprint density at radius 2 is 0.765 bits per heavy atom. The number of carbonyl (C=O) groups is 1.